The van der Waals surface area contributed by atoms with E-state index in [4.69, 9.17) is 8.83 Å². The lowest BCUT2D eigenvalue weighted by Crippen LogP contribution is -2.51. The van der Waals surface area contributed by atoms with Crippen LogP contribution in [0.3, 0.4) is 0 Å². The summed E-state index contributed by atoms with van der Waals surface area (Å²) in [6.07, 6.45) is 0. The van der Waals surface area contributed by atoms with E-state index < -0.39 is 16.1 Å². The van der Waals surface area contributed by atoms with E-state index >= 15 is 0 Å². The molecule has 2 aliphatic rings. The summed E-state index contributed by atoms with van der Waals surface area (Å²) in [5, 5.41) is 10.4. The first-order valence-electron chi connectivity index (χ1n) is 25.9. The average molecular weight is 979 g/mol. The van der Waals surface area contributed by atoms with Gasteiger partial charge < -0.3 is 8.83 Å². The van der Waals surface area contributed by atoms with Gasteiger partial charge in [0.25, 0.3) is 0 Å². The molecule has 0 unspecified atom stereocenters. The number of para-hydroxylation sites is 2. The van der Waals surface area contributed by atoms with Crippen LogP contribution >= 0.6 is 0 Å². The molecule has 0 N–H and O–H groups in total. The standard InChI is InChI=1S/C70H50O2Si2/c1-73(2)61-41-58-62(42-57(61)67-63(73)39-55(65-53-29-17-19-31-59(53)71-69(65)67)51-35-47(43-21-9-5-10-22-43)33-48(36-51)44-23-11-6-12-24-44)74(3,4)64-40-56(66-54-30-18-20-32-60(54)72-70(66)68(58)64)52-37-49(45-25-13-7-14-26-45)34-50(38-52)46-27-15-8-16-28-46/h5-42H,1-4H3. The maximum absolute atomic E-state index is 7.23. The fraction of sp³-hybridized carbons (Fsp3) is 0.0571. The van der Waals surface area contributed by atoms with Gasteiger partial charge in [0.2, 0.25) is 0 Å². The summed E-state index contributed by atoms with van der Waals surface area (Å²) in [5.41, 5.74) is 23.5. The van der Waals surface area contributed by atoms with Crippen LogP contribution in [0.5, 0.6) is 0 Å². The van der Waals surface area contributed by atoms with Crippen molar-refractivity contribution >= 4 is 80.8 Å². The minimum absolute atomic E-state index is 0.919. The van der Waals surface area contributed by atoms with Gasteiger partial charge in [0.15, 0.2) is 0 Å². The zero-order valence-corrected chi connectivity index (χ0v) is 43.8. The Bertz CT molecular complexity index is 4050. The molecule has 15 rings (SSSR count). The van der Waals surface area contributed by atoms with Crippen LogP contribution in [0, 0.1) is 0 Å². The molecule has 0 saturated heterocycles. The maximum atomic E-state index is 7.23. The number of hydrogen-bond acceptors (Lipinski definition) is 2. The lowest BCUT2D eigenvalue weighted by molar-refractivity contribution is 0.670. The molecule has 0 atom stereocenters. The first kappa shape index (κ1) is 43.1. The number of benzene rings is 11. The fourth-order valence-corrected chi connectivity index (χ4v) is 19.0. The van der Waals surface area contributed by atoms with E-state index in [-0.39, 0.29) is 0 Å². The normalized spacial score (nSPS) is 13.9. The van der Waals surface area contributed by atoms with Crippen molar-refractivity contribution in [2.45, 2.75) is 26.2 Å². The summed E-state index contributed by atoms with van der Waals surface area (Å²) in [7, 11) is -4.79. The van der Waals surface area contributed by atoms with Gasteiger partial charge in [0.1, 0.15) is 38.5 Å². The summed E-state index contributed by atoms with van der Waals surface area (Å²) >= 11 is 0. The molecule has 11 aromatic carbocycles. The Morgan fingerprint density at radius 1 is 0.257 bits per heavy atom. The van der Waals surface area contributed by atoms with Crippen LogP contribution in [0.15, 0.2) is 239 Å². The van der Waals surface area contributed by atoms with Crippen molar-refractivity contribution in [3.8, 4) is 89.0 Å². The summed E-state index contributed by atoms with van der Waals surface area (Å²) in [6, 6.07) is 85.2. The van der Waals surface area contributed by atoms with Gasteiger partial charge >= 0.3 is 0 Å². The molecule has 0 bridgehead atoms. The van der Waals surface area contributed by atoms with Crippen LogP contribution in [-0.2, 0) is 0 Å². The monoisotopic (exact) mass is 978 g/mol. The first-order valence-corrected chi connectivity index (χ1v) is 31.9. The van der Waals surface area contributed by atoms with Gasteiger partial charge in [0.05, 0.1) is 0 Å². The van der Waals surface area contributed by atoms with Gasteiger partial charge in [-0.05, 0) is 147 Å². The zero-order chi connectivity index (χ0) is 49.5. The smallest absolute Gasteiger partial charge is 0.143 e. The molecule has 2 aromatic heterocycles. The van der Waals surface area contributed by atoms with Crippen LogP contribution in [0.25, 0.3) is 133 Å². The van der Waals surface area contributed by atoms with Crippen LogP contribution in [0.4, 0.5) is 0 Å². The Morgan fingerprint density at radius 3 is 0.878 bits per heavy atom. The molecule has 0 saturated carbocycles. The summed E-state index contributed by atoms with van der Waals surface area (Å²) in [6.45, 7) is 10.2. The predicted molar refractivity (Wildman–Crippen MR) is 318 cm³/mol. The first-order chi connectivity index (χ1) is 36.2. The average Bonchev–Trinajstić information content (AvgIpc) is 4.17. The Balaban J connectivity index is 0.969. The zero-order valence-electron chi connectivity index (χ0n) is 41.8. The van der Waals surface area contributed by atoms with E-state index in [1.165, 1.54) is 121 Å². The summed E-state index contributed by atoms with van der Waals surface area (Å²) in [4.78, 5) is 0. The molecule has 13 aromatic rings. The maximum Gasteiger partial charge on any atom is 0.143 e. The van der Waals surface area contributed by atoms with E-state index in [0.29, 0.717) is 0 Å². The SMILES string of the molecule is C[Si]1(C)c2cc3c(cc2-c2c1cc(-c1cc(-c4ccccc4)cc(-c4ccccc4)c1)c1c2oc2ccccc21)[Si](C)(C)c1cc(-c2cc(-c4ccccc4)cc(-c4ccccc4)c2)c2c(oc4ccccc42)c1-3. The van der Waals surface area contributed by atoms with Gasteiger partial charge in [-0.25, -0.2) is 0 Å². The lowest BCUT2D eigenvalue weighted by Gasteiger charge is -2.22. The highest BCUT2D eigenvalue weighted by molar-refractivity contribution is 7.06. The fourth-order valence-electron chi connectivity index (χ4n) is 12.9. The lowest BCUT2D eigenvalue weighted by atomic mass is 9.89. The highest BCUT2D eigenvalue weighted by Crippen LogP contribution is 2.49. The van der Waals surface area contributed by atoms with Crippen LogP contribution in [0.1, 0.15) is 0 Å². The molecule has 0 radical (unpaired) electrons. The Morgan fingerprint density at radius 2 is 0.541 bits per heavy atom. The molecule has 350 valence electrons. The third kappa shape index (κ3) is 6.35. The number of furan rings is 2. The third-order valence-electron chi connectivity index (χ3n) is 16.6. The quantitative estimate of drug-likeness (QED) is 0.155. The number of hydrogen-bond donors (Lipinski definition) is 0. The largest absolute Gasteiger partial charge is 0.455 e. The summed E-state index contributed by atoms with van der Waals surface area (Å²) in [5.74, 6) is 0. The van der Waals surface area contributed by atoms with Gasteiger partial charge in [-0.2, -0.15) is 0 Å². The molecule has 74 heavy (non-hydrogen) atoms. The van der Waals surface area contributed by atoms with Crippen molar-refractivity contribution in [2.24, 2.45) is 0 Å². The highest BCUT2D eigenvalue weighted by atomic mass is 28.3. The Labute approximate surface area is 432 Å². The number of rotatable bonds is 6. The van der Waals surface area contributed by atoms with Crippen molar-refractivity contribution in [2.75, 3.05) is 0 Å². The van der Waals surface area contributed by atoms with Crippen molar-refractivity contribution in [3.05, 3.63) is 231 Å². The van der Waals surface area contributed by atoms with Gasteiger partial charge in [-0.1, -0.05) is 208 Å². The minimum Gasteiger partial charge on any atom is -0.455 e. The third-order valence-corrected chi connectivity index (χ3v) is 23.6. The van der Waals surface area contributed by atoms with Crippen molar-refractivity contribution in [3.63, 3.8) is 0 Å². The van der Waals surface area contributed by atoms with Crippen molar-refractivity contribution in [1.82, 2.24) is 0 Å². The Hall–Kier alpha value is -8.55. The molecule has 2 nitrogen and oxygen atoms in total. The highest BCUT2D eigenvalue weighted by Gasteiger charge is 2.46. The van der Waals surface area contributed by atoms with E-state index in [2.05, 4.69) is 257 Å². The number of fused-ring (bicyclic) bond motifs is 14. The van der Waals surface area contributed by atoms with E-state index in [9.17, 15) is 0 Å². The van der Waals surface area contributed by atoms with Crippen LogP contribution in [-0.4, -0.2) is 16.1 Å². The molecule has 4 heterocycles. The minimum atomic E-state index is -2.39. The molecule has 0 aliphatic carbocycles. The second-order valence-electron chi connectivity index (χ2n) is 21.6. The molecule has 4 heteroatoms. The van der Waals surface area contributed by atoms with Gasteiger partial charge in [-0.3, -0.25) is 0 Å². The van der Waals surface area contributed by atoms with Crippen molar-refractivity contribution in [1.29, 1.82) is 0 Å². The van der Waals surface area contributed by atoms with E-state index in [1.807, 2.05) is 0 Å². The molecule has 0 amide bonds. The van der Waals surface area contributed by atoms with E-state index in [0.717, 1.165) is 33.1 Å². The van der Waals surface area contributed by atoms with Gasteiger partial charge in [-0.15, -0.1) is 0 Å². The Kier molecular flexibility index (Phi) is 9.30. The summed E-state index contributed by atoms with van der Waals surface area (Å²) < 4.78 is 14.5. The van der Waals surface area contributed by atoms with Crippen LogP contribution in [0.2, 0.25) is 26.2 Å². The molecule has 2 aliphatic heterocycles. The van der Waals surface area contributed by atoms with E-state index in [1.54, 1.807) is 0 Å². The van der Waals surface area contributed by atoms with Crippen molar-refractivity contribution < 1.29 is 8.83 Å². The van der Waals surface area contributed by atoms with Gasteiger partial charge in [0, 0.05) is 32.7 Å². The molecular weight excluding hydrogens is 929 g/mol. The second kappa shape index (κ2) is 16.0. The molecule has 0 spiro atoms. The predicted octanol–water partition coefficient (Wildman–Crippen LogP) is 17.1. The topological polar surface area (TPSA) is 26.3 Å². The second-order valence-corrected chi connectivity index (χ2v) is 30.2. The van der Waals surface area contributed by atoms with Crippen LogP contribution < -0.4 is 20.7 Å². The molecule has 0 fully saturated rings. The molecular formula is C70H50O2Si2.